The lowest BCUT2D eigenvalue weighted by molar-refractivity contribution is -0.137. The van der Waals surface area contributed by atoms with E-state index in [1.807, 2.05) is 24.3 Å². The van der Waals surface area contributed by atoms with Crippen molar-refractivity contribution in [3.05, 3.63) is 82.5 Å². The number of amides is 1. The van der Waals surface area contributed by atoms with Gasteiger partial charge in [-0.05, 0) is 24.3 Å². The molecular weight excluding hydrogens is 451 g/mol. The predicted octanol–water partition coefficient (Wildman–Crippen LogP) is 3.24. The Labute approximate surface area is 190 Å². The van der Waals surface area contributed by atoms with Crippen LogP contribution in [-0.2, 0) is 17.5 Å². The first-order chi connectivity index (χ1) is 16.3. The number of halogens is 3. The van der Waals surface area contributed by atoms with Crippen LogP contribution in [0.4, 0.5) is 13.2 Å². The third-order valence-electron chi connectivity index (χ3n) is 5.58. The van der Waals surface area contributed by atoms with Gasteiger partial charge in [-0.15, -0.1) is 0 Å². The van der Waals surface area contributed by atoms with Crippen LogP contribution in [0.3, 0.4) is 0 Å². The first-order valence-electron chi connectivity index (χ1n) is 10.4. The van der Waals surface area contributed by atoms with Crippen molar-refractivity contribution in [2.45, 2.75) is 25.2 Å². The smallest absolute Gasteiger partial charge is 0.416 e. The number of ether oxygens (including phenoxy) is 1. The first-order valence-corrected chi connectivity index (χ1v) is 10.4. The molecule has 11 heteroatoms. The van der Waals surface area contributed by atoms with Crippen molar-refractivity contribution in [2.75, 3.05) is 6.61 Å². The fraction of sp³-hybridized carbons (Fsp3) is 0.217. The minimum atomic E-state index is -4.52. The van der Waals surface area contributed by atoms with Gasteiger partial charge in [0.25, 0.3) is 5.56 Å². The summed E-state index contributed by atoms with van der Waals surface area (Å²) in [5.74, 6) is 0.330. The molecule has 1 N–H and O–H groups in total. The number of hydrogen-bond acceptors (Lipinski definition) is 5. The minimum absolute atomic E-state index is 0.0872. The second kappa shape index (κ2) is 8.32. The molecule has 0 aliphatic carbocycles. The molecule has 3 heterocycles. The highest BCUT2D eigenvalue weighted by Gasteiger charge is 2.31. The zero-order chi connectivity index (χ0) is 23.9. The van der Waals surface area contributed by atoms with Crippen molar-refractivity contribution in [1.82, 2.24) is 24.6 Å². The van der Waals surface area contributed by atoms with Crippen LogP contribution in [0.15, 0.2) is 65.8 Å². The molecule has 1 amide bonds. The van der Waals surface area contributed by atoms with Gasteiger partial charge in [0.2, 0.25) is 5.91 Å². The number of hydrogen-bond donors (Lipinski definition) is 1. The van der Waals surface area contributed by atoms with Gasteiger partial charge in [0.05, 0.1) is 30.1 Å². The number of alkyl halides is 3. The Kier molecular flexibility index (Phi) is 5.31. The summed E-state index contributed by atoms with van der Waals surface area (Å²) in [5.41, 5.74) is -0.283. The molecule has 174 valence electrons. The lowest BCUT2D eigenvalue weighted by atomic mass is 10.0. The van der Waals surface area contributed by atoms with Gasteiger partial charge in [-0.2, -0.15) is 18.3 Å². The van der Waals surface area contributed by atoms with E-state index in [4.69, 9.17) is 4.74 Å². The van der Waals surface area contributed by atoms with Gasteiger partial charge in [-0.25, -0.2) is 9.67 Å². The summed E-state index contributed by atoms with van der Waals surface area (Å²) in [6, 6.07) is 11.7. The first kappa shape index (κ1) is 21.7. The highest BCUT2D eigenvalue weighted by Crippen LogP contribution is 2.32. The number of carbonyl (C=O) groups is 1. The Morgan fingerprint density at radius 3 is 2.82 bits per heavy atom. The Bertz CT molecular complexity index is 1440. The molecule has 0 radical (unpaired) electrons. The second-order valence-electron chi connectivity index (χ2n) is 7.81. The third-order valence-corrected chi connectivity index (χ3v) is 5.58. The summed E-state index contributed by atoms with van der Waals surface area (Å²) >= 11 is 0. The molecule has 2 aromatic carbocycles. The Balaban J connectivity index is 1.39. The van der Waals surface area contributed by atoms with Crippen molar-refractivity contribution in [2.24, 2.45) is 0 Å². The van der Waals surface area contributed by atoms with Crippen LogP contribution in [0.1, 0.15) is 23.6 Å². The van der Waals surface area contributed by atoms with Crippen molar-refractivity contribution >= 4 is 16.9 Å². The summed E-state index contributed by atoms with van der Waals surface area (Å²) in [5, 5.41) is 7.05. The molecule has 1 aliphatic heterocycles. The maximum Gasteiger partial charge on any atom is 0.416 e. The van der Waals surface area contributed by atoms with Crippen LogP contribution in [0, 0.1) is 0 Å². The minimum Gasteiger partial charge on any atom is -0.493 e. The maximum atomic E-state index is 13.1. The molecule has 1 unspecified atom stereocenters. The van der Waals surface area contributed by atoms with Crippen LogP contribution >= 0.6 is 0 Å². The van der Waals surface area contributed by atoms with Crippen molar-refractivity contribution in [3.8, 4) is 11.4 Å². The van der Waals surface area contributed by atoms with Gasteiger partial charge in [0, 0.05) is 12.0 Å². The van der Waals surface area contributed by atoms with Crippen LogP contribution in [0.25, 0.3) is 16.7 Å². The van der Waals surface area contributed by atoms with E-state index in [2.05, 4.69) is 15.4 Å². The summed E-state index contributed by atoms with van der Waals surface area (Å²) in [6.45, 7) is 0.195. The number of carbonyl (C=O) groups excluding carboxylic acids is 1. The van der Waals surface area contributed by atoms with E-state index >= 15 is 0 Å². The van der Waals surface area contributed by atoms with Crippen molar-refractivity contribution < 1.29 is 22.7 Å². The molecule has 0 saturated heterocycles. The van der Waals surface area contributed by atoms with Crippen LogP contribution in [0.5, 0.6) is 5.75 Å². The SMILES string of the molecule is O=C(Cn1cnc2c(cnn2-c2cccc(C(F)(F)F)c2)c1=O)NC1CCOc2ccccc21. The molecule has 8 nitrogen and oxygen atoms in total. The summed E-state index contributed by atoms with van der Waals surface area (Å²) in [4.78, 5) is 29.8. The standard InChI is InChI=1S/C23H18F3N5O3/c24-23(25,26)14-4-3-5-15(10-14)31-21-17(11-28-31)22(33)30(13-27-21)12-20(32)29-18-8-9-34-19-7-2-1-6-16(18)19/h1-7,10-11,13,18H,8-9,12H2,(H,29,32). The van der Waals surface area contributed by atoms with E-state index < -0.39 is 17.3 Å². The quantitative estimate of drug-likeness (QED) is 0.496. The predicted molar refractivity (Wildman–Crippen MR) is 116 cm³/mol. The summed E-state index contributed by atoms with van der Waals surface area (Å²) in [7, 11) is 0. The monoisotopic (exact) mass is 469 g/mol. The number of nitrogens with zero attached hydrogens (tertiary/aromatic N) is 4. The molecule has 2 aromatic heterocycles. The van der Waals surface area contributed by atoms with Gasteiger partial charge in [-0.1, -0.05) is 24.3 Å². The number of fused-ring (bicyclic) bond motifs is 2. The normalized spacial score (nSPS) is 15.6. The lowest BCUT2D eigenvalue weighted by Gasteiger charge is -2.26. The molecule has 34 heavy (non-hydrogen) atoms. The maximum absolute atomic E-state index is 13.1. The van der Waals surface area contributed by atoms with E-state index in [0.717, 1.165) is 26.9 Å². The highest BCUT2D eigenvalue weighted by molar-refractivity contribution is 5.78. The Hall–Kier alpha value is -4.15. The van der Waals surface area contributed by atoms with E-state index in [9.17, 15) is 22.8 Å². The van der Waals surface area contributed by atoms with Crippen LogP contribution < -0.4 is 15.6 Å². The fourth-order valence-electron chi connectivity index (χ4n) is 3.95. The molecule has 1 aliphatic rings. The molecule has 0 saturated carbocycles. The zero-order valence-electron chi connectivity index (χ0n) is 17.6. The second-order valence-corrected chi connectivity index (χ2v) is 7.81. The summed E-state index contributed by atoms with van der Waals surface area (Å²) < 4.78 is 47.1. The van der Waals surface area contributed by atoms with Crippen LogP contribution in [0.2, 0.25) is 0 Å². The number of nitrogens with one attached hydrogen (secondary N) is 1. The van der Waals surface area contributed by atoms with Gasteiger partial charge in [0.1, 0.15) is 24.0 Å². The van der Waals surface area contributed by atoms with Gasteiger partial charge < -0.3 is 10.1 Å². The largest absolute Gasteiger partial charge is 0.493 e. The Morgan fingerprint density at radius 2 is 2.00 bits per heavy atom. The molecule has 0 fully saturated rings. The van der Waals surface area contributed by atoms with Crippen molar-refractivity contribution in [1.29, 1.82) is 0 Å². The number of para-hydroxylation sites is 1. The number of rotatable bonds is 4. The van der Waals surface area contributed by atoms with E-state index in [1.165, 1.54) is 24.7 Å². The van der Waals surface area contributed by atoms with Gasteiger partial charge >= 0.3 is 6.18 Å². The molecule has 4 aromatic rings. The van der Waals surface area contributed by atoms with Crippen molar-refractivity contribution in [3.63, 3.8) is 0 Å². The van der Waals surface area contributed by atoms with Gasteiger partial charge in [0.15, 0.2) is 5.65 Å². The average Bonchev–Trinajstić information content (AvgIpc) is 3.26. The van der Waals surface area contributed by atoms with Gasteiger partial charge in [-0.3, -0.25) is 14.2 Å². The van der Waals surface area contributed by atoms with E-state index in [-0.39, 0.29) is 35.2 Å². The third kappa shape index (κ3) is 4.00. The fourth-order valence-corrected chi connectivity index (χ4v) is 3.95. The lowest BCUT2D eigenvalue weighted by Crippen LogP contribution is -2.36. The molecule has 5 rings (SSSR count). The zero-order valence-corrected chi connectivity index (χ0v) is 17.6. The van der Waals surface area contributed by atoms with E-state index in [0.29, 0.717) is 18.8 Å². The summed E-state index contributed by atoms with van der Waals surface area (Å²) in [6.07, 6.45) is -1.50. The topological polar surface area (TPSA) is 91.0 Å². The Morgan fingerprint density at radius 1 is 1.18 bits per heavy atom. The van der Waals surface area contributed by atoms with E-state index in [1.54, 1.807) is 0 Å². The van der Waals surface area contributed by atoms with Crippen LogP contribution in [-0.4, -0.2) is 31.8 Å². The highest BCUT2D eigenvalue weighted by atomic mass is 19.4. The number of benzene rings is 2. The number of aromatic nitrogens is 4. The molecular formula is C23H18F3N5O3. The molecule has 0 spiro atoms. The average molecular weight is 469 g/mol. The molecule has 1 atom stereocenters. The molecule has 0 bridgehead atoms.